The average molecular weight is 427 g/mol. The normalized spacial score (nSPS) is 19.6. The zero-order valence-electron chi connectivity index (χ0n) is 18.1. The molecular formula is C22H30N6OS. The Morgan fingerprint density at radius 3 is 2.90 bits per heavy atom. The van der Waals surface area contributed by atoms with E-state index in [4.69, 9.17) is 0 Å². The van der Waals surface area contributed by atoms with Crippen LogP contribution in [-0.4, -0.2) is 41.9 Å². The molecule has 1 fully saturated rings. The van der Waals surface area contributed by atoms with Crippen LogP contribution < -0.4 is 0 Å². The summed E-state index contributed by atoms with van der Waals surface area (Å²) in [7, 11) is 0. The number of carbonyl (C=O) groups excluding carboxylic acids is 1. The van der Waals surface area contributed by atoms with Gasteiger partial charge in [0.15, 0.2) is 5.82 Å². The molecule has 1 atom stereocenters. The van der Waals surface area contributed by atoms with E-state index in [1.54, 1.807) is 11.3 Å². The monoisotopic (exact) mass is 426 g/mol. The van der Waals surface area contributed by atoms with E-state index < -0.39 is 0 Å². The minimum absolute atomic E-state index is 0.0373. The highest BCUT2D eigenvalue weighted by molar-refractivity contribution is 7.20. The van der Waals surface area contributed by atoms with Crippen molar-refractivity contribution < 1.29 is 4.79 Å². The first-order valence-electron chi connectivity index (χ1n) is 11.2. The smallest absolute Gasteiger partial charge is 0.264 e. The number of likely N-dealkylation sites (tertiary alicyclic amines) is 1. The van der Waals surface area contributed by atoms with Crippen LogP contribution >= 0.6 is 11.3 Å². The molecule has 0 aliphatic carbocycles. The first-order chi connectivity index (χ1) is 14.5. The van der Waals surface area contributed by atoms with Crippen molar-refractivity contribution in [3.05, 3.63) is 28.3 Å². The zero-order chi connectivity index (χ0) is 20.8. The van der Waals surface area contributed by atoms with Crippen LogP contribution in [0.15, 0.2) is 6.07 Å². The fourth-order valence-electron chi connectivity index (χ4n) is 4.86. The quantitative estimate of drug-likeness (QED) is 0.622. The minimum Gasteiger partial charge on any atom is -0.328 e. The highest BCUT2D eigenvalue weighted by atomic mass is 32.1. The summed E-state index contributed by atoms with van der Waals surface area (Å²) in [6.45, 7) is 9.05. The van der Waals surface area contributed by atoms with Crippen LogP contribution in [-0.2, 0) is 19.5 Å². The molecule has 1 saturated heterocycles. The number of aryl methyl sites for hydroxylation is 2. The Labute approximate surface area is 181 Å². The van der Waals surface area contributed by atoms with Gasteiger partial charge in [0.1, 0.15) is 10.7 Å². The van der Waals surface area contributed by atoms with Gasteiger partial charge in [0, 0.05) is 31.4 Å². The molecule has 3 aromatic rings. The maximum Gasteiger partial charge on any atom is 0.264 e. The van der Waals surface area contributed by atoms with E-state index in [9.17, 15) is 4.79 Å². The molecule has 7 nitrogen and oxygen atoms in total. The summed E-state index contributed by atoms with van der Waals surface area (Å²) >= 11 is 1.58. The highest BCUT2D eigenvalue weighted by Crippen LogP contribution is 2.36. The zero-order valence-corrected chi connectivity index (χ0v) is 18.9. The molecule has 3 aromatic heterocycles. The molecule has 2 aliphatic heterocycles. The average Bonchev–Trinajstić information content (AvgIpc) is 3.45. The fourth-order valence-corrected chi connectivity index (χ4v) is 5.99. The Hall–Kier alpha value is -2.22. The number of hydrogen-bond donors (Lipinski definition) is 0. The standard InChI is InChI=1S/C22H30N6OS/c1-14(2)13-28-22-16(15(3)25-28)12-18(30-22)21(29)26-11-7-8-17(26)20-24-23-19-9-5-4-6-10-27(19)20/h12,14,17H,4-11,13H2,1-3H3/t17-/m1/s1. The van der Waals surface area contributed by atoms with Crippen LogP contribution in [0, 0.1) is 12.8 Å². The van der Waals surface area contributed by atoms with Crippen LogP contribution in [0.2, 0.25) is 0 Å². The van der Waals surface area contributed by atoms with Crippen molar-refractivity contribution in [1.82, 2.24) is 29.4 Å². The van der Waals surface area contributed by atoms with E-state index >= 15 is 0 Å². The van der Waals surface area contributed by atoms with E-state index in [-0.39, 0.29) is 11.9 Å². The molecule has 0 unspecified atom stereocenters. The number of amides is 1. The van der Waals surface area contributed by atoms with Crippen molar-refractivity contribution in [3.63, 3.8) is 0 Å². The molecule has 0 bridgehead atoms. The summed E-state index contributed by atoms with van der Waals surface area (Å²) in [4.78, 5) is 17.5. The second kappa shape index (κ2) is 7.80. The van der Waals surface area contributed by atoms with E-state index in [0.717, 1.165) is 71.3 Å². The third-order valence-electron chi connectivity index (χ3n) is 6.31. The van der Waals surface area contributed by atoms with Gasteiger partial charge in [0.25, 0.3) is 5.91 Å². The van der Waals surface area contributed by atoms with Gasteiger partial charge in [0.05, 0.1) is 16.6 Å². The second-order valence-corrected chi connectivity index (χ2v) is 10.1. The van der Waals surface area contributed by atoms with Gasteiger partial charge in [-0.05, 0) is 44.6 Å². The first-order valence-corrected chi connectivity index (χ1v) is 12.0. The maximum absolute atomic E-state index is 13.6. The molecule has 0 aromatic carbocycles. The molecule has 160 valence electrons. The van der Waals surface area contributed by atoms with Crippen molar-refractivity contribution in [2.75, 3.05) is 6.54 Å². The van der Waals surface area contributed by atoms with Crippen LogP contribution in [0.5, 0.6) is 0 Å². The van der Waals surface area contributed by atoms with Gasteiger partial charge in [0.2, 0.25) is 0 Å². The van der Waals surface area contributed by atoms with Crippen LogP contribution in [0.1, 0.15) is 79.0 Å². The first kappa shape index (κ1) is 19.7. The second-order valence-electron chi connectivity index (χ2n) is 9.08. The van der Waals surface area contributed by atoms with Gasteiger partial charge in [-0.25, -0.2) is 0 Å². The highest BCUT2D eigenvalue weighted by Gasteiger charge is 2.35. The summed E-state index contributed by atoms with van der Waals surface area (Å²) in [6.07, 6.45) is 6.57. The SMILES string of the molecule is Cc1nn(CC(C)C)c2sc(C(=O)N3CCC[C@@H]3c3nnc4n3CCCCC4)cc12. The Balaban J connectivity index is 1.45. The number of thiophene rings is 1. The lowest BCUT2D eigenvalue weighted by Crippen LogP contribution is -2.31. The van der Waals surface area contributed by atoms with Crippen molar-refractivity contribution in [2.24, 2.45) is 5.92 Å². The molecule has 0 N–H and O–H groups in total. The largest absolute Gasteiger partial charge is 0.328 e. The number of carbonyl (C=O) groups is 1. The molecule has 30 heavy (non-hydrogen) atoms. The maximum atomic E-state index is 13.6. The van der Waals surface area contributed by atoms with E-state index in [0.29, 0.717) is 5.92 Å². The lowest BCUT2D eigenvalue weighted by Gasteiger charge is -2.24. The lowest BCUT2D eigenvalue weighted by molar-refractivity contribution is 0.0732. The van der Waals surface area contributed by atoms with E-state index in [1.165, 1.54) is 19.3 Å². The summed E-state index contributed by atoms with van der Waals surface area (Å²) in [5, 5.41) is 14.8. The van der Waals surface area contributed by atoms with Gasteiger partial charge in [-0.1, -0.05) is 20.3 Å². The Morgan fingerprint density at radius 2 is 2.07 bits per heavy atom. The molecule has 1 amide bonds. The topological polar surface area (TPSA) is 68.8 Å². The van der Waals surface area contributed by atoms with E-state index in [1.807, 2.05) is 17.9 Å². The third-order valence-corrected chi connectivity index (χ3v) is 7.44. The fraction of sp³-hybridized carbons (Fsp3) is 0.636. The van der Waals surface area contributed by atoms with Crippen molar-refractivity contribution in [2.45, 2.75) is 78.4 Å². The number of nitrogens with zero attached hydrogens (tertiary/aromatic N) is 6. The van der Waals surface area contributed by atoms with Gasteiger partial charge in [-0.3, -0.25) is 9.48 Å². The number of rotatable bonds is 4. The molecule has 0 spiro atoms. The Bertz CT molecular complexity index is 1080. The van der Waals surface area contributed by atoms with Gasteiger partial charge < -0.3 is 9.47 Å². The Morgan fingerprint density at radius 1 is 1.20 bits per heavy atom. The lowest BCUT2D eigenvalue weighted by atomic mass is 10.2. The van der Waals surface area contributed by atoms with Gasteiger partial charge in [-0.2, -0.15) is 5.10 Å². The van der Waals surface area contributed by atoms with Crippen molar-refractivity contribution in [3.8, 4) is 0 Å². The van der Waals surface area contributed by atoms with Crippen molar-refractivity contribution in [1.29, 1.82) is 0 Å². The molecule has 5 rings (SSSR count). The molecule has 0 radical (unpaired) electrons. The molecular weight excluding hydrogens is 396 g/mol. The van der Waals surface area contributed by atoms with Crippen LogP contribution in [0.4, 0.5) is 0 Å². The number of aromatic nitrogens is 5. The predicted molar refractivity (Wildman–Crippen MR) is 118 cm³/mol. The minimum atomic E-state index is 0.0373. The van der Waals surface area contributed by atoms with Gasteiger partial charge in [-0.15, -0.1) is 21.5 Å². The molecule has 2 aliphatic rings. The van der Waals surface area contributed by atoms with Crippen LogP contribution in [0.3, 0.4) is 0 Å². The summed E-state index contributed by atoms with van der Waals surface area (Å²) in [5.74, 6) is 2.72. The summed E-state index contributed by atoms with van der Waals surface area (Å²) in [6, 6.07) is 2.08. The van der Waals surface area contributed by atoms with Crippen LogP contribution in [0.25, 0.3) is 10.2 Å². The summed E-state index contributed by atoms with van der Waals surface area (Å²) in [5.41, 5.74) is 1.00. The molecule has 5 heterocycles. The predicted octanol–water partition coefficient (Wildman–Crippen LogP) is 4.36. The van der Waals surface area contributed by atoms with Gasteiger partial charge >= 0.3 is 0 Å². The van der Waals surface area contributed by atoms with E-state index in [2.05, 4.69) is 38.4 Å². The third kappa shape index (κ3) is 3.35. The number of hydrogen-bond acceptors (Lipinski definition) is 5. The molecule has 0 saturated carbocycles. The van der Waals surface area contributed by atoms with Crippen molar-refractivity contribution >= 4 is 27.5 Å². The number of fused-ring (bicyclic) bond motifs is 2. The molecule has 8 heteroatoms. The Kier molecular flexibility index (Phi) is 5.13. The summed E-state index contributed by atoms with van der Waals surface area (Å²) < 4.78 is 4.36.